The molecule has 1 nitrogen and oxygen atoms in total. The van der Waals surface area contributed by atoms with E-state index in [-0.39, 0.29) is 5.82 Å². The van der Waals surface area contributed by atoms with Gasteiger partial charge in [0.1, 0.15) is 5.82 Å². The van der Waals surface area contributed by atoms with E-state index in [1.54, 1.807) is 30.3 Å². The summed E-state index contributed by atoms with van der Waals surface area (Å²) >= 11 is 0. The zero-order chi connectivity index (χ0) is 22.3. The van der Waals surface area contributed by atoms with Crippen LogP contribution in [0.25, 0.3) is 21.9 Å². The Bertz CT molecular complexity index is 1330. The van der Waals surface area contributed by atoms with Crippen LogP contribution in [-0.2, 0) is 6.42 Å². The van der Waals surface area contributed by atoms with Crippen LogP contribution < -0.4 is 0 Å². The summed E-state index contributed by atoms with van der Waals surface area (Å²) in [6.45, 7) is 2.22. The number of benzene rings is 4. The summed E-state index contributed by atoms with van der Waals surface area (Å²) in [5.41, 5.74) is 5.27. The van der Waals surface area contributed by atoms with Gasteiger partial charge in [0.25, 0.3) is 0 Å². The molecule has 0 aromatic heterocycles. The van der Waals surface area contributed by atoms with E-state index < -0.39 is 0 Å². The van der Waals surface area contributed by atoms with Gasteiger partial charge in [-0.3, -0.25) is 0 Å². The number of fused-ring (bicyclic) bond motifs is 1. The van der Waals surface area contributed by atoms with Gasteiger partial charge in [-0.1, -0.05) is 74.1 Å². The highest BCUT2D eigenvalue weighted by Crippen LogP contribution is 2.28. The maximum Gasteiger partial charge on any atom is 0.146 e. The van der Waals surface area contributed by atoms with E-state index in [9.17, 15) is 0 Å². The molecule has 0 saturated heterocycles. The molecule has 0 fully saturated rings. The lowest BCUT2D eigenvalue weighted by Crippen LogP contribution is -1.89. The minimum Gasteiger partial charge on any atom is -0.205 e. The molecule has 0 heterocycles. The molecule has 0 N–H and O–H groups in total. The molecular formula is C30H24FN. The summed E-state index contributed by atoms with van der Waals surface area (Å²) in [5.74, 6) is 5.60. The highest BCUT2D eigenvalue weighted by atomic mass is 19.1. The van der Waals surface area contributed by atoms with Crippen LogP contribution in [-0.4, -0.2) is 0 Å². The van der Waals surface area contributed by atoms with Gasteiger partial charge in [-0.2, -0.15) is 5.26 Å². The Kier molecular flexibility index (Phi) is 6.64. The molecule has 0 unspecified atom stereocenters. The van der Waals surface area contributed by atoms with Crippen molar-refractivity contribution in [3.05, 3.63) is 107 Å². The van der Waals surface area contributed by atoms with Gasteiger partial charge in [-0.15, -0.1) is 0 Å². The zero-order valence-corrected chi connectivity index (χ0v) is 18.2. The van der Waals surface area contributed by atoms with E-state index in [2.05, 4.69) is 49.1 Å². The van der Waals surface area contributed by atoms with Crippen LogP contribution in [0.2, 0.25) is 0 Å². The van der Waals surface area contributed by atoms with Crippen molar-refractivity contribution in [2.24, 2.45) is 0 Å². The number of hydrogen-bond donors (Lipinski definition) is 0. The summed E-state index contributed by atoms with van der Waals surface area (Å²) in [7, 11) is 0. The molecule has 2 heteroatoms. The molecule has 4 rings (SSSR count). The second kappa shape index (κ2) is 9.95. The van der Waals surface area contributed by atoms with Crippen molar-refractivity contribution in [2.75, 3.05) is 0 Å². The third-order valence-electron chi connectivity index (χ3n) is 5.67. The van der Waals surface area contributed by atoms with Crippen molar-refractivity contribution < 1.29 is 4.39 Å². The van der Waals surface area contributed by atoms with Crippen molar-refractivity contribution in [3.63, 3.8) is 0 Å². The largest absolute Gasteiger partial charge is 0.205 e. The topological polar surface area (TPSA) is 23.8 Å². The standard InChI is InChI=1S/C30H24FN/c1-2-3-4-5-22-10-13-25(14-11-22)27-18-19-29-28(20-27)17-16-26(30(29)31)15-12-23-6-8-24(21-32)9-7-23/h6-11,13-14,16-20H,2-5H2,1H3. The number of halogens is 1. The zero-order valence-electron chi connectivity index (χ0n) is 18.2. The van der Waals surface area contributed by atoms with Crippen LogP contribution in [0, 0.1) is 29.0 Å². The Hall–Kier alpha value is -3.88. The average Bonchev–Trinajstić information content (AvgIpc) is 2.84. The summed E-state index contributed by atoms with van der Waals surface area (Å²) in [6, 6.07) is 27.2. The van der Waals surface area contributed by atoms with Gasteiger partial charge >= 0.3 is 0 Å². The fourth-order valence-corrected chi connectivity index (χ4v) is 3.78. The fraction of sp³-hybridized carbons (Fsp3) is 0.167. The molecule has 0 bridgehead atoms. The quantitative estimate of drug-likeness (QED) is 0.242. The minimum absolute atomic E-state index is 0.304. The molecule has 0 spiro atoms. The van der Waals surface area contributed by atoms with Crippen molar-refractivity contribution in [1.29, 1.82) is 5.26 Å². The summed E-state index contributed by atoms with van der Waals surface area (Å²) in [4.78, 5) is 0. The van der Waals surface area contributed by atoms with Gasteiger partial charge < -0.3 is 0 Å². The van der Waals surface area contributed by atoms with Gasteiger partial charge in [-0.05, 0) is 71.3 Å². The minimum atomic E-state index is -0.304. The molecule has 0 aliphatic rings. The lowest BCUT2D eigenvalue weighted by atomic mass is 9.98. The van der Waals surface area contributed by atoms with E-state index in [4.69, 9.17) is 5.26 Å². The van der Waals surface area contributed by atoms with Gasteiger partial charge in [0.15, 0.2) is 0 Å². The van der Waals surface area contributed by atoms with Crippen molar-refractivity contribution in [2.45, 2.75) is 32.6 Å². The Balaban J connectivity index is 1.57. The molecule has 0 atom stereocenters. The lowest BCUT2D eigenvalue weighted by molar-refractivity contribution is 0.636. The maximum atomic E-state index is 15.1. The van der Waals surface area contributed by atoms with Crippen molar-refractivity contribution in [1.82, 2.24) is 0 Å². The lowest BCUT2D eigenvalue weighted by Gasteiger charge is -2.08. The Morgan fingerprint density at radius 1 is 0.750 bits per heavy atom. The normalized spacial score (nSPS) is 10.4. The van der Waals surface area contributed by atoms with Gasteiger partial charge in [0, 0.05) is 10.9 Å². The van der Waals surface area contributed by atoms with E-state index in [1.165, 1.54) is 24.8 Å². The fourth-order valence-electron chi connectivity index (χ4n) is 3.78. The number of unbranched alkanes of at least 4 members (excludes halogenated alkanes) is 2. The van der Waals surface area contributed by atoms with Crippen molar-refractivity contribution >= 4 is 10.8 Å². The molecule has 0 aliphatic heterocycles. The maximum absolute atomic E-state index is 15.1. The molecule has 4 aromatic carbocycles. The smallest absolute Gasteiger partial charge is 0.146 e. The van der Waals surface area contributed by atoms with Crippen molar-refractivity contribution in [3.8, 4) is 29.0 Å². The van der Waals surface area contributed by atoms with Gasteiger partial charge in [0.05, 0.1) is 17.2 Å². The number of nitriles is 1. The van der Waals surface area contributed by atoms with Crippen LogP contribution >= 0.6 is 0 Å². The first-order valence-electron chi connectivity index (χ1n) is 11.0. The summed E-state index contributed by atoms with van der Waals surface area (Å²) < 4.78 is 15.1. The number of rotatable bonds is 5. The third-order valence-corrected chi connectivity index (χ3v) is 5.67. The molecular weight excluding hydrogens is 393 g/mol. The molecule has 4 aromatic rings. The SMILES string of the molecule is CCCCCc1ccc(-c2ccc3c(F)c(C#Cc4ccc(C#N)cc4)ccc3c2)cc1. The second-order valence-corrected chi connectivity index (χ2v) is 7.96. The van der Waals surface area contributed by atoms with Crippen LogP contribution in [0.4, 0.5) is 4.39 Å². The first-order valence-corrected chi connectivity index (χ1v) is 11.0. The molecule has 0 saturated carbocycles. The van der Waals surface area contributed by atoms with Crippen LogP contribution in [0.5, 0.6) is 0 Å². The first kappa shape index (κ1) is 21.4. The Morgan fingerprint density at radius 2 is 1.47 bits per heavy atom. The Labute approximate surface area is 189 Å². The highest BCUT2D eigenvalue weighted by Gasteiger charge is 2.08. The van der Waals surface area contributed by atoms with Crippen LogP contribution in [0.15, 0.2) is 78.9 Å². The van der Waals surface area contributed by atoms with Crippen LogP contribution in [0.1, 0.15) is 48.4 Å². The predicted molar refractivity (Wildman–Crippen MR) is 130 cm³/mol. The van der Waals surface area contributed by atoms with E-state index in [0.717, 1.165) is 28.5 Å². The van der Waals surface area contributed by atoms with Crippen LogP contribution in [0.3, 0.4) is 0 Å². The molecule has 0 amide bonds. The number of hydrogen-bond acceptors (Lipinski definition) is 1. The molecule has 32 heavy (non-hydrogen) atoms. The monoisotopic (exact) mass is 417 g/mol. The van der Waals surface area contributed by atoms with E-state index in [0.29, 0.717) is 16.5 Å². The molecule has 0 radical (unpaired) electrons. The molecule has 156 valence electrons. The summed E-state index contributed by atoms with van der Waals surface area (Å²) in [5, 5.41) is 10.3. The summed E-state index contributed by atoms with van der Waals surface area (Å²) in [6.07, 6.45) is 4.83. The Morgan fingerprint density at radius 3 is 2.19 bits per heavy atom. The number of nitrogens with zero attached hydrogens (tertiary/aromatic N) is 1. The van der Waals surface area contributed by atoms with Gasteiger partial charge in [0.2, 0.25) is 0 Å². The van der Waals surface area contributed by atoms with Gasteiger partial charge in [-0.25, -0.2) is 4.39 Å². The molecule has 0 aliphatic carbocycles. The second-order valence-electron chi connectivity index (χ2n) is 7.96. The number of aryl methyl sites for hydroxylation is 1. The highest BCUT2D eigenvalue weighted by molar-refractivity contribution is 5.89. The first-order chi connectivity index (χ1) is 15.7. The third kappa shape index (κ3) is 4.88. The van der Waals surface area contributed by atoms with E-state index in [1.807, 2.05) is 24.3 Å². The average molecular weight is 418 g/mol. The van der Waals surface area contributed by atoms with E-state index >= 15 is 4.39 Å². The predicted octanol–water partition coefficient (Wildman–Crippen LogP) is 7.65.